The predicted molar refractivity (Wildman–Crippen MR) is 162 cm³/mol. The summed E-state index contributed by atoms with van der Waals surface area (Å²) in [6, 6.07) is 15.9. The normalized spacial score (nSPS) is 11.6. The Hall–Kier alpha value is -4.70. The summed E-state index contributed by atoms with van der Waals surface area (Å²) in [6.45, 7) is 7.88. The largest absolute Gasteiger partial charge is 0.478 e. The van der Waals surface area contributed by atoms with Gasteiger partial charge in [-0.1, -0.05) is 32.0 Å². The van der Waals surface area contributed by atoms with Crippen molar-refractivity contribution in [2.24, 2.45) is 0 Å². The van der Waals surface area contributed by atoms with E-state index in [2.05, 4.69) is 9.97 Å². The van der Waals surface area contributed by atoms with Gasteiger partial charge in [0, 0.05) is 30.7 Å². The van der Waals surface area contributed by atoms with E-state index in [-0.39, 0.29) is 47.3 Å². The molecule has 0 saturated heterocycles. The SMILES string of the molecule is CC.COC[C@H](C)n1c(Cc2cc(F)c(-c3cccc(OCc4ccc(C)cc4F)n3)cc2F)nc2ccc(C(=O)O)cc21. The van der Waals surface area contributed by atoms with Crippen molar-refractivity contribution in [3.8, 4) is 17.1 Å². The number of carboxylic acid groups (broad SMARTS) is 1. The molecule has 0 amide bonds. The van der Waals surface area contributed by atoms with Crippen LogP contribution in [0.1, 0.15) is 59.7 Å². The standard InChI is InChI=1S/C32H28F3N3O4.C2H6/c1-18-7-8-21(24(33)11-18)17-42-31-6-4-5-27(37-31)23-15-25(34)22(12-26(23)35)14-30-36-28-10-9-20(32(39)40)13-29(28)38(30)19(2)16-41-3;1-2/h4-13,15,19H,14,16-17H2,1-3H3,(H,39,40);1-2H3/t19-;/m0./s1. The maximum atomic E-state index is 15.4. The Morgan fingerprint density at radius 2 is 1.68 bits per heavy atom. The molecule has 0 saturated carbocycles. The third-order valence-electron chi connectivity index (χ3n) is 6.93. The topological polar surface area (TPSA) is 86.5 Å². The number of rotatable bonds is 10. The molecule has 0 aliphatic heterocycles. The van der Waals surface area contributed by atoms with E-state index in [0.717, 1.165) is 17.7 Å². The third kappa shape index (κ3) is 7.08. The minimum Gasteiger partial charge on any atom is -0.478 e. The molecule has 1 N–H and O–H groups in total. The zero-order valence-electron chi connectivity index (χ0n) is 25.2. The number of ether oxygens (including phenoxy) is 2. The third-order valence-corrected chi connectivity index (χ3v) is 6.93. The summed E-state index contributed by atoms with van der Waals surface area (Å²) < 4.78 is 57.7. The van der Waals surface area contributed by atoms with E-state index < -0.39 is 23.4 Å². The second kappa shape index (κ2) is 14.2. The minimum atomic E-state index is -1.08. The number of imidazole rings is 1. The highest BCUT2D eigenvalue weighted by molar-refractivity contribution is 5.92. The van der Waals surface area contributed by atoms with Crippen molar-refractivity contribution in [2.75, 3.05) is 13.7 Å². The van der Waals surface area contributed by atoms with Crippen molar-refractivity contribution in [1.82, 2.24) is 14.5 Å². The van der Waals surface area contributed by atoms with Gasteiger partial charge in [-0.15, -0.1) is 0 Å². The number of nitrogens with zero attached hydrogens (tertiary/aromatic N) is 3. The molecule has 230 valence electrons. The highest BCUT2D eigenvalue weighted by atomic mass is 19.1. The molecule has 5 aromatic rings. The molecule has 0 unspecified atom stereocenters. The minimum absolute atomic E-state index is 0.0487. The van der Waals surface area contributed by atoms with Crippen molar-refractivity contribution in [3.63, 3.8) is 0 Å². The fourth-order valence-electron chi connectivity index (χ4n) is 4.86. The number of fused-ring (bicyclic) bond motifs is 1. The van der Waals surface area contributed by atoms with Crippen LogP contribution < -0.4 is 4.74 Å². The molecule has 44 heavy (non-hydrogen) atoms. The highest BCUT2D eigenvalue weighted by Crippen LogP contribution is 2.29. The first-order chi connectivity index (χ1) is 21.1. The van der Waals surface area contributed by atoms with E-state index in [4.69, 9.17) is 9.47 Å². The number of hydrogen-bond acceptors (Lipinski definition) is 5. The molecule has 10 heteroatoms. The number of pyridine rings is 1. The van der Waals surface area contributed by atoms with E-state index in [9.17, 15) is 14.3 Å². The van der Waals surface area contributed by atoms with Crippen LogP contribution >= 0.6 is 0 Å². The van der Waals surface area contributed by atoms with Crippen LogP contribution in [0.4, 0.5) is 13.2 Å². The van der Waals surface area contributed by atoms with Gasteiger partial charge in [-0.25, -0.2) is 27.9 Å². The summed E-state index contributed by atoms with van der Waals surface area (Å²) in [5, 5.41) is 9.45. The lowest BCUT2D eigenvalue weighted by molar-refractivity contribution is 0.0697. The second-order valence-electron chi connectivity index (χ2n) is 10.1. The molecule has 3 aromatic carbocycles. The summed E-state index contributed by atoms with van der Waals surface area (Å²) in [6.07, 6.45) is -0.0487. The Kier molecular flexibility index (Phi) is 10.4. The average molecular weight is 606 g/mol. The van der Waals surface area contributed by atoms with Crippen molar-refractivity contribution >= 4 is 17.0 Å². The van der Waals surface area contributed by atoms with Crippen molar-refractivity contribution in [2.45, 2.75) is 46.8 Å². The van der Waals surface area contributed by atoms with E-state index in [1.54, 1.807) is 48.9 Å². The smallest absolute Gasteiger partial charge is 0.335 e. The second-order valence-corrected chi connectivity index (χ2v) is 10.1. The molecule has 0 radical (unpaired) electrons. The molecular formula is C34H34F3N3O4. The van der Waals surface area contributed by atoms with Crippen LogP contribution in [0, 0.1) is 24.4 Å². The van der Waals surface area contributed by atoms with Gasteiger partial charge in [0.15, 0.2) is 0 Å². The molecule has 0 aliphatic rings. The number of carbonyl (C=O) groups is 1. The van der Waals surface area contributed by atoms with Crippen LogP contribution in [0.2, 0.25) is 0 Å². The molecule has 5 rings (SSSR count). The van der Waals surface area contributed by atoms with Gasteiger partial charge in [0.25, 0.3) is 0 Å². The fraction of sp³-hybridized carbons (Fsp3) is 0.265. The average Bonchev–Trinajstić information content (AvgIpc) is 3.37. The van der Waals surface area contributed by atoms with Crippen LogP contribution in [0.25, 0.3) is 22.3 Å². The van der Waals surface area contributed by atoms with Crippen LogP contribution in [0.5, 0.6) is 5.88 Å². The molecule has 0 fully saturated rings. The molecule has 2 heterocycles. The quantitative estimate of drug-likeness (QED) is 0.174. The Bertz CT molecular complexity index is 1790. The zero-order chi connectivity index (χ0) is 32.0. The fourth-order valence-corrected chi connectivity index (χ4v) is 4.86. The number of halogens is 3. The number of aromatic nitrogens is 3. The van der Waals surface area contributed by atoms with Gasteiger partial charge in [-0.3, -0.25) is 0 Å². The zero-order valence-corrected chi connectivity index (χ0v) is 25.2. The maximum absolute atomic E-state index is 15.4. The first-order valence-corrected chi connectivity index (χ1v) is 14.2. The maximum Gasteiger partial charge on any atom is 0.335 e. The van der Waals surface area contributed by atoms with Crippen LogP contribution in [-0.4, -0.2) is 39.3 Å². The molecular weight excluding hydrogens is 571 g/mol. The van der Waals surface area contributed by atoms with E-state index in [1.165, 1.54) is 24.3 Å². The molecule has 0 aliphatic carbocycles. The molecule has 7 nitrogen and oxygen atoms in total. The van der Waals surface area contributed by atoms with Crippen molar-refractivity contribution in [3.05, 3.63) is 112 Å². The Morgan fingerprint density at radius 3 is 2.39 bits per heavy atom. The first kappa shape index (κ1) is 32.2. The Morgan fingerprint density at radius 1 is 0.932 bits per heavy atom. The van der Waals surface area contributed by atoms with Gasteiger partial charge in [-0.05, 0) is 67.4 Å². The lowest BCUT2D eigenvalue weighted by Crippen LogP contribution is -2.15. The number of aromatic carboxylic acids is 1. The highest BCUT2D eigenvalue weighted by Gasteiger charge is 2.21. The van der Waals surface area contributed by atoms with Gasteiger partial charge >= 0.3 is 5.97 Å². The van der Waals surface area contributed by atoms with Crippen LogP contribution in [0.3, 0.4) is 0 Å². The van der Waals surface area contributed by atoms with Crippen molar-refractivity contribution < 1.29 is 32.5 Å². The number of carboxylic acids is 1. The summed E-state index contributed by atoms with van der Waals surface area (Å²) >= 11 is 0. The molecule has 1 atom stereocenters. The van der Waals surface area contributed by atoms with E-state index >= 15 is 8.78 Å². The first-order valence-electron chi connectivity index (χ1n) is 14.2. The van der Waals surface area contributed by atoms with Gasteiger partial charge in [-0.2, -0.15) is 0 Å². The van der Waals surface area contributed by atoms with Gasteiger partial charge in [0.1, 0.15) is 29.9 Å². The monoisotopic (exact) mass is 605 g/mol. The Balaban J connectivity index is 0.00000216. The number of benzene rings is 3. The van der Waals surface area contributed by atoms with Gasteiger partial charge in [0.05, 0.1) is 34.9 Å². The van der Waals surface area contributed by atoms with Gasteiger partial charge < -0.3 is 19.1 Å². The number of hydrogen-bond donors (Lipinski definition) is 1. The predicted octanol–water partition coefficient (Wildman–Crippen LogP) is 7.93. The summed E-state index contributed by atoms with van der Waals surface area (Å²) in [4.78, 5) is 20.5. The summed E-state index contributed by atoms with van der Waals surface area (Å²) in [5.41, 5.74) is 2.46. The molecule has 0 spiro atoms. The Labute approximate surface area is 253 Å². The van der Waals surface area contributed by atoms with E-state index in [1.807, 2.05) is 20.8 Å². The van der Waals surface area contributed by atoms with E-state index in [0.29, 0.717) is 29.0 Å². The summed E-state index contributed by atoms with van der Waals surface area (Å²) in [7, 11) is 1.54. The number of aryl methyl sites for hydroxylation is 1. The van der Waals surface area contributed by atoms with Crippen LogP contribution in [-0.2, 0) is 17.8 Å². The summed E-state index contributed by atoms with van der Waals surface area (Å²) in [5.74, 6) is -2.27. The molecule has 0 bridgehead atoms. The molecule has 2 aromatic heterocycles. The lowest BCUT2D eigenvalue weighted by Gasteiger charge is -2.17. The van der Waals surface area contributed by atoms with Crippen molar-refractivity contribution in [1.29, 1.82) is 0 Å². The van der Waals surface area contributed by atoms with Crippen LogP contribution in [0.15, 0.2) is 66.7 Å². The van der Waals surface area contributed by atoms with Gasteiger partial charge in [0.2, 0.25) is 5.88 Å². The lowest BCUT2D eigenvalue weighted by atomic mass is 10.0. The number of methoxy groups -OCH3 is 1.